The maximum absolute atomic E-state index is 13.5. The van der Waals surface area contributed by atoms with E-state index in [0.29, 0.717) is 11.4 Å². The number of thioether (sulfide) groups is 1. The number of halogens is 2. The molecular weight excluding hydrogens is 268 g/mol. The second-order valence-electron chi connectivity index (χ2n) is 3.94. The first kappa shape index (κ1) is 13.7. The average Bonchev–Trinajstić information content (AvgIpc) is 2.38. The first-order valence-electron chi connectivity index (χ1n) is 5.60. The second-order valence-corrected chi connectivity index (χ2v) is 4.96. The minimum Gasteiger partial charge on any atom is -0.494 e. The van der Waals surface area contributed by atoms with Crippen molar-refractivity contribution < 1.29 is 13.5 Å². The topological polar surface area (TPSA) is 35.2 Å². The molecule has 0 fully saturated rings. The summed E-state index contributed by atoms with van der Waals surface area (Å²) < 4.78 is 31.2. The molecule has 19 heavy (non-hydrogen) atoms. The van der Waals surface area contributed by atoms with E-state index in [4.69, 9.17) is 10.5 Å². The average molecular weight is 281 g/mol. The van der Waals surface area contributed by atoms with Crippen LogP contribution in [0.4, 0.5) is 14.5 Å². The van der Waals surface area contributed by atoms with Crippen molar-refractivity contribution in [1.29, 1.82) is 0 Å². The summed E-state index contributed by atoms with van der Waals surface area (Å²) in [4.78, 5) is 0.776. The van der Waals surface area contributed by atoms with Crippen molar-refractivity contribution in [2.45, 2.75) is 10.6 Å². The van der Waals surface area contributed by atoms with Crippen LogP contribution in [0.5, 0.6) is 5.75 Å². The molecule has 2 aromatic rings. The molecule has 0 bridgehead atoms. The molecular formula is C14H13F2NOS. The number of benzene rings is 2. The van der Waals surface area contributed by atoms with E-state index in [1.807, 2.05) is 0 Å². The fourth-order valence-electron chi connectivity index (χ4n) is 1.61. The van der Waals surface area contributed by atoms with E-state index in [9.17, 15) is 8.78 Å². The van der Waals surface area contributed by atoms with Crippen LogP contribution in [0, 0.1) is 11.6 Å². The molecule has 0 amide bonds. The summed E-state index contributed by atoms with van der Waals surface area (Å²) in [5, 5.41) is 0. The van der Waals surface area contributed by atoms with E-state index >= 15 is 0 Å². The van der Waals surface area contributed by atoms with Gasteiger partial charge in [0.25, 0.3) is 0 Å². The van der Waals surface area contributed by atoms with Crippen molar-refractivity contribution in [2.24, 2.45) is 0 Å². The Kier molecular flexibility index (Phi) is 4.27. The molecule has 0 atom stereocenters. The largest absolute Gasteiger partial charge is 0.494 e. The summed E-state index contributed by atoms with van der Waals surface area (Å²) in [6, 6.07) is 9.04. The Balaban J connectivity index is 2.08. The lowest BCUT2D eigenvalue weighted by Crippen LogP contribution is -1.92. The Hall–Kier alpha value is -1.75. The SMILES string of the molecule is COc1ccc(CSc2ccc(F)cc2N)cc1F. The Labute approximate surface area is 114 Å². The highest BCUT2D eigenvalue weighted by atomic mass is 32.2. The van der Waals surface area contributed by atoms with Crippen LogP contribution >= 0.6 is 11.8 Å². The third-order valence-electron chi connectivity index (χ3n) is 2.58. The highest BCUT2D eigenvalue weighted by Crippen LogP contribution is 2.29. The molecule has 2 aromatic carbocycles. The van der Waals surface area contributed by atoms with Crippen LogP contribution in [0.15, 0.2) is 41.3 Å². The summed E-state index contributed by atoms with van der Waals surface area (Å²) in [6.45, 7) is 0. The smallest absolute Gasteiger partial charge is 0.165 e. The van der Waals surface area contributed by atoms with Gasteiger partial charge in [-0.2, -0.15) is 0 Å². The number of methoxy groups -OCH3 is 1. The lowest BCUT2D eigenvalue weighted by atomic mass is 10.2. The number of hydrogen-bond donors (Lipinski definition) is 1. The molecule has 0 saturated heterocycles. The van der Waals surface area contributed by atoms with E-state index in [1.165, 1.54) is 37.1 Å². The number of rotatable bonds is 4. The van der Waals surface area contributed by atoms with E-state index < -0.39 is 5.82 Å². The lowest BCUT2D eigenvalue weighted by Gasteiger charge is -2.07. The highest BCUT2D eigenvalue weighted by Gasteiger charge is 2.06. The van der Waals surface area contributed by atoms with Crippen LogP contribution in [0.2, 0.25) is 0 Å². The van der Waals surface area contributed by atoms with Crippen LogP contribution < -0.4 is 10.5 Å². The van der Waals surface area contributed by atoms with E-state index in [2.05, 4.69) is 0 Å². The van der Waals surface area contributed by atoms with Gasteiger partial charge in [0.15, 0.2) is 11.6 Å². The van der Waals surface area contributed by atoms with E-state index in [1.54, 1.807) is 18.2 Å². The third kappa shape index (κ3) is 3.38. The second kappa shape index (κ2) is 5.93. The molecule has 0 saturated carbocycles. The number of hydrogen-bond acceptors (Lipinski definition) is 3. The normalized spacial score (nSPS) is 10.5. The summed E-state index contributed by atoms with van der Waals surface area (Å²) in [5.41, 5.74) is 6.91. The highest BCUT2D eigenvalue weighted by molar-refractivity contribution is 7.98. The first-order valence-corrected chi connectivity index (χ1v) is 6.59. The molecule has 2 rings (SSSR count). The molecule has 0 aliphatic heterocycles. The van der Waals surface area contributed by atoms with Crippen molar-refractivity contribution in [2.75, 3.05) is 12.8 Å². The number of nitrogens with two attached hydrogens (primary N) is 1. The van der Waals surface area contributed by atoms with Gasteiger partial charge in [-0.15, -0.1) is 11.8 Å². The molecule has 100 valence electrons. The van der Waals surface area contributed by atoms with Crippen LogP contribution in [-0.2, 0) is 5.75 Å². The van der Waals surface area contributed by atoms with Gasteiger partial charge in [0.2, 0.25) is 0 Å². The Bertz CT molecular complexity index is 590. The zero-order chi connectivity index (χ0) is 13.8. The van der Waals surface area contributed by atoms with Crippen molar-refractivity contribution in [3.8, 4) is 5.75 Å². The van der Waals surface area contributed by atoms with Gasteiger partial charge in [-0.3, -0.25) is 0 Å². The summed E-state index contributed by atoms with van der Waals surface area (Å²) in [5.74, 6) is 0.0107. The standard InChI is InChI=1S/C14H13F2NOS/c1-18-13-4-2-9(6-11(13)16)8-19-14-5-3-10(15)7-12(14)17/h2-7H,8,17H2,1H3. The van der Waals surface area contributed by atoms with Gasteiger partial charge >= 0.3 is 0 Å². The molecule has 5 heteroatoms. The van der Waals surface area contributed by atoms with Crippen molar-refractivity contribution in [3.63, 3.8) is 0 Å². The van der Waals surface area contributed by atoms with Crippen molar-refractivity contribution in [3.05, 3.63) is 53.6 Å². The molecule has 0 heterocycles. The van der Waals surface area contributed by atoms with Gasteiger partial charge < -0.3 is 10.5 Å². The van der Waals surface area contributed by atoms with Gasteiger partial charge in [0, 0.05) is 16.3 Å². The Morgan fingerprint density at radius 1 is 1.16 bits per heavy atom. The molecule has 2 N–H and O–H groups in total. The zero-order valence-corrected chi connectivity index (χ0v) is 11.1. The Morgan fingerprint density at radius 2 is 1.95 bits per heavy atom. The van der Waals surface area contributed by atoms with Crippen LogP contribution in [0.1, 0.15) is 5.56 Å². The minimum absolute atomic E-state index is 0.218. The maximum Gasteiger partial charge on any atom is 0.165 e. The molecule has 0 aromatic heterocycles. The quantitative estimate of drug-likeness (QED) is 0.683. The van der Waals surface area contributed by atoms with Crippen LogP contribution in [0.25, 0.3) is 0 Å². The van der Waals surface area contributed by atoms with Gasteiger partial charge in [-0.1, -0.05) is 6.07 Å². The zero-order valence-electron chi connectivity index (χ0n) is 10.3. The summed E-state index contributed by atoms with van der Waals surface area (Å²) >= 11 is 1.43. The molecule has 0 aliphatic rings. The monoisotopic (exact) mass is 281 g/mol. The molecule has 0 unspecified atom stereocenters. The van der Waals surface area contributed by atoms with Gasteiger partial charge in [0.05, 0.1) is 7.11 Å². The predicted molar refractivity (Wildman–Crippen MR) is 73.3 cm³/mol. The van der Waals surface area contributed by atoms with Crippen LogP contribution in [0.3, 0.4) is 0 Å². The van der Waals surface area contributed by atoms with Gasteiger partial charge in [0.1, 0.15) is 5.82 Å². The summed E-state index contributed by atoms with van der Waals surface area (Å²) in [7, 11) is 1.42. The molecule has 0 radical (unpaired) electrons. The molecule has 2 nitrogen and oxygen atoms in total. The number of ether oxygens (including phenoxy) is 1. The van der Waals surface area contributed by atoms with Crippen LogP contribution in [-0.4, -0.2) is 7.11 Å². The van der Waals surface area contributed by atoms with Crippen molar-refractivity contribution in [1.82, 2.24) is 0 Å². The fourth-order valence-corrected chi connectivity index (χ4v) is 2.50. The first-order chi connectivity index (χ1) is 9.10. The molecule has 0 spiro atoms. The van der Waals surface area contributed by atoms with Gasteiger partial charge in [-0.25, -0.2) is 8.78 Å². The maximum atomic E-state index is 13.5. The number of nitrogen functional groups attached to an aromatic ring is 1. The summed E-state index contributed by atoms with van der Waals surface area (Å²) in [6.07, 6.45) is 0. The van der Waals surface area contributed by atoms with Crippen molar-refractivity contribution >= 4 is 17.4 Å². The van der Waals surface area contributed by atoms with Gasteiger partial charge in [-0.05, 0) is 35.9 Å². The van der Waals surface area contributed by atoms with E-state index in [-0.39, 0.29) is 11.6 Å². The predicted octanol–water partition coefficient (Wildman–Crippen LogP) is 3.85. The fraction of sp³-hybridized carbons (Fsp3) is 0.143. The molecule has 0 aliphatic carbocycles. The lowest BCUT2D eigenvalue weighted by molar-refractivity contribution is 0.386. The third-order valence-corrected chi connectivity index (χ3v) is 3.74. The number of anilines is 1. The minimum atomic E-state index is -0.396. The Morgan fingerprint density at radius 3 is 2.58 bits per heavy atom. The van der Waals surface area contributed by atoms with E-state index in [0.717, 1.165) is 10.5 Å².